The second-order valence-corrected chi connectivity index (χ2v) is 4.03. The molecule has 0 fully saturated rings. The number of halogens is 2. The molecule has 4 nitrogen and oxygen atoms in total. The van der Waals surface area contributed by atoms with Gasteiger partial charge >= 0.3 is 5.97 Å². The summed E-state index contributed by atoms with van der Waals surface area (Å²) in [5.41, 5.74) is 0.371. The zero-order chi connectivity index (χ0) is 12.3. The van der Waals surface area contributed by atoms with Gasteiger partial charge in [0.05, 0.1) is 0 Å². The Balaban J connectivity index is 3.30. The van der Waals surface area contributed by atoms with Gasteiger partial charge in [-0.05, 0) is 23.9 Å². The van der Waals surface area contributed by atoms with Crippen LogP contribution in [0, 0.1) is 0 Å². The van der Waals surface area contributed by atoms with Crippen molar-refractivity contribution in [2.24, 2.45) is 0 Å². The Labute approximate surface area is 103 Å². The van der Waals surface area contributed by atoms with Gasteiger partial charge < -0.3 is 10.0 Å². The van der Waals surface area contributed by atoms with Gasteiger partial charge in [-0.3, -0.25) is 0 Å². The van der Waals surface area contributed by atoms with Crippen LogP contribution >= 0.6 is 23.2 Å². The summed E-state index contributed by atoms with van der Waals surface area (Å²) in [5, 5.41) is 9.04. The van der Waals surface area contributed by atoms with Crippen molar-refractivity contribution in [2.75, 3.05) is 14.1 Å². The number of hydrogen-bond acceptors (Lipinski definition) is 3. The highest BCUT2D eigenvalue weighted by molar-refractivity contribution is 6.34. The second-order valence-electron chi connectivity index (χ2n) is 3.28. The highest BCUT2D eigenvalue weighted by atomic mass is 35.5. The lowest BCUT2D eigenvalue weighted by Crippen LogP contribution is -2.04. The fourth-order valence-electron chi connectivity index (χ4n) is 1.07. The number of carboxylic acid groups (broad SMARTS) is 1. The number of carbonyl (C=O) groups is 1. The van der Waals surface area contributed by atoms with E-state index >= 15 is 0 Å². The number of aromatic nitrogens is 1. The highest BCUT2D eigenvalue weighted by Gasteiger charge is 2.15. The molecule has 86 valence electrons. The van der Waals surface area contributed by atoms with Crippen LogP contribution in [0.25, 0.3) is 6.08 Å². The Hall–Kier alpha value is -1.26. The SMILES string of the molecule is CN(C)C=Cc1cc(Cl)nc(Cl)c1C(=O)O. The summed E-state index contributed by atoms with van der Waals surface area (Å²) in [6.45, 7) is 0. The third kappa shape index (κ3) is 3.12. The van der Waals surface area contributed by atoms with Gasteiger partial charge in [0.15, 0.2) is 0 Å². The summed E-state index contributed by atoms with van der Waals surface area (Å²) in [4.78, 5) is 16.4. The molecule has 1 rings (SSSR count). The molecule has 0 atom stereocenters. The van der Waals surface area contributed by atoms with Crippen LogP contribution in [0.4, 0.5) is 0 Å². The minimum atomic E-state index is -1.13. The maximum absolute atomic E-state index is 11.0. The Morgan fingerprint density at radius 2 is 2.12 bits per heavy atom. The molecule has 0 amide bonds. The molecule has 0 radical (unpaired) electrons. The van der Waals surface area contributed by atoms with E-state index in [1.54, 1.807) is 17.2 Å². The van der Waals surface area contributed by atoms with Gasteiger partial charge in [0, 0.05) is 14.1 Å². The maximum Gasteiger partial charge on any atom is 0.339 e. The van der Waals surface area contributed by atoms with E-state index in [2.05, 4.69) is 4.98 Å². The number of carboxylic acids is 1. The van der Waals surface area contributed by atoms with E-state index in [9.17, 15) is 4.79 Å². The van der Waals surface area contributed by atoms with E-state index in [1.807, 2.05) is 14.1 Å². The molecule has 0 saturated heterocycles. The molecule has 0 unspecified atom stereocenters. The number of nitrogens with zero attached hydrogens (tertiary/aromatic N) is 2. The molecule has 16 heavy (non-hydrogen) atoms. The topological polar surface area (TPSA) is 53.4 Å². The number of pyridine rings is 1. The van der Waals surface area contributed by atoms with Crippen molar-refractivity contribution in [3.8, 4) is 0 Å². The quantitative estimate of drug-likeness (QED) is 0.850. The predicted molar refractivity (Wildman–Crippen MR) is 63.9 cm³/mol. The Morgan fingerprint density at radius 3 is 2.62 bits per heavy atom. The lowest BCUT2D eigenvalue weighted by Gasteiger charge is -2.06. The smallest absolute Gasteiger partial charge is 0.339 e. The normalized spacial score (nSPS) is 10.8. The molecule has 0 aliphatic heterocycles. The zero-order valence-electron chi connectivity index (χ0n) is 8.74. The minimum absolute atomic E-state index is 0.0517. The van der Waals surface area contributed by atoms with E-state index in [1.165, 1.54) is 6.07 Å². The van der Waals surface area contributed by atoms with Crippen LogP contribution in [-0.2, 0) is 0 Å². The van der Waals surface area contributed by atoms with Crippen molar-refractivity contribution >= 4 is 35.2 Å². The van der Waals surface area contributed by atoms with Gasteiger partial charge in [-0.15, -0.1) is 0 Å². The van der Waals surface area contributed by atoms with E-state index in [0.29, 0.717) is 5.56 Å². The van der Waals surface area contributed by atoms with Crippen LogP contribution in [0.3, 0.4) is 0 Å². The summed E-state index contributed by atoms with van der Waals surface area (Å²) in [6, 6.07) is 1.46. The fourth-order valence-corrected chi connectivity index (χ4v) is 1.60. The first-order chi connectivity index (χ1) is 7.41. The number of aromatic carboxylic acids is 1. The maximum atomic E-state index is 11.0. The minimum Gasteiger partial charge on any atom is -0.478 e. The third-order valence-electron chi connectivity index (χ3n) is 1.74. The van der Waals surface area contributed by atoms with Crippen LogP contribution in [0.5, 0.6) is 0 Å². The van der Waals surface area contributed by atoms with Crippen molar-refractivity contribution in [2.45, 2.75) is 0 Å². The molecule has 1 heterocycles. The average Bonchev–Trinajstić information content (AvgIpc) is 2.12. The van der Waals surface area contributed by atoms with Crippen molar-refractivity contribution in [1.82, 2.24) is 9.88 Å². The average molecular weight is 261 g/mol. The molecule has 0 saturated carbocycles. The first kappa shape index (κ1) is 12.8. The summed E-state index contributed by atoms with van der Waals surface area (Å²) in [6.07, 6.45) is 3.32. The first-order valence-corrected chi connectivity index (χ1v) is 5.11. The van der Waals surface area contributed by atoms with E-state index in [0.717, 1.165) is 0 Å². The van der Waals surface area contributed by atoms with Crippen LogP contribution in [-0.4, -0.2) is 35.1 Å². The van der Waals surface area contributed by atoms with E-state index in [4.69, 9.17) is 28.3 Å². The van der Waals surface area contributed by atoms with Gasteiger partial charge in [0.25, 0.3) is 0 Å². The van der Waals surface area contributed by atoms with Crippen molar-refractivity contribution in [1.29, 1.82) is 0 Å². The van der Waals surface area contributed by atoms with Crippen LogP contribution in [0.2, 0.25) is 10.3 Å². The monoisotopic (exact) mass is 260 g/mol. The Morgan fingerprint density at radius 1 is 1.50 bits per heavy atom. The highest BCUT2D eigenvalue weighted by Crippen LogP contribution is 2.23. The molecule has 0 aliphatic carbocycles. The van der Waals surface area contributed by atoms with E-state index in [-0.39, 0.29) is 15.9 Å². The van der Waals surface area contributed by atoms with Gasteiger partial charge in [0.1, 0.15) is 15.9 Å². The van der Waals surface area contributed by atoms with Crippen molar-refractivity contribution < 1.29 is 9.90 Å². The number of hydrogen-bond donors (Lipinski definition) is 1. The summed E-state index contributed by atoms with van der Waals surface area (Å²) in [7, 11) is 3.64. The standard InChI is InChI=1S/C10H10Cl2N2O2/c1-14(2)4-3-6-5-7(11)13-9(12)8(6)10(15)16/h3-5H,1-2H3,(H,15,16). The summed E-state index contributed by atoms with van der Waals surface area (Å²) < 4.78 is 0. The van der Waals surface area contributed by atoms with Crippen LogP contribution in [0.1, 0.15) is 15.9 Å². The summed E-state index contributed by atoms with van der Waals surface area (Å²) in [5.74, 6) is -1.13. The lowest BCUT2D eigenvalue weighted by atomic mass is 10.1. The molecular weight excluding hydrogens is 251 g/mol. The van der Waals surface area contributed by atoms with Gasteiger partial charge in [-0.1, -0.05) is 23.2 Å². The van der Waals surface area contributed by atoms with Gasteiger partial charge in [0.2, 0.25) is 0 Å². The molecule has 0 spiro atoms. The molecule has 1 aromatic rings. The molecular formula is C10H10Cl2N2O2. The fraction of sp³-hybridized carbons (Fsp3) is 0.200. The summed E-state index contributed by atoms with van der Waals surface area (Å²) >= 11 is 11.4. The third-order valence-corrected chi connectivity index (χ3v) is 2.21. The second kappa shape index (κ2) is 5.18. The molecule has 0 aliphatic rings. The Bertz CT molecular complexity index is 445. The van der Waals surface area contributed by atoms with Gasteiger partial charge in [-0.25, -0.2) is 9.78 Å². The van der Waals surface area contributed by atoms with E-state index < -0.39 is 5.97 Å². The Kier molecular flexibility index (Phi) is 4.15. The van der Waals surface area contributed by atoms with Crippen molar-refractivity contribution in [3.63, 3.8) is 0 Å². The van der Waals surface area contributed by atoms with Crippen LogP contribution < -0.4 is 0 Å². The first-order valence-electron chi connectivity index (χ1n) is 4.35. The number of rotatable bonds is 3. The molecule has 1 N–H and O–H groups in total. The predicted octanol–water partition coefficient (Wildman–Crippen LogP) is 2.62. The molecule has 1 aromatic heterocycles. The molecule has 6 heteroatoms. The molecule has 0 bridgehead atoms. The van der Waals surface area contributed by atoms with Crippen molar-refractivity contribution in [3.05, 3.63) is 33.7 Å². The van der Waals surface area contributed by atoms with Crippen LogP contribution in [0.15, 0.2) is 12.3 Å². The zero-order valence-corrected chi connectivity index (χ0v) is 10.2. The lowest BCUT2D eigenvalue weighted by molar-refractivity contribution is 0.0696. The molecule has 0 aromatic carbocycles. The van der Waals surface area contributed by atoms with Gasteiger partial charge in [-0.2, -0.15) is 0 Å². The largest absolute Gasteiger partial charge is 0.478 e.